The van der Waals surface area contributed by atoms with E-state index in [1.807, 2.05) is 0 Å². The predicted octanol–water partition coefficient (Wildman–Crippen LogP) is 1.83. The molecule has 142 valence electrons. The van der Waals surface area contributed by atoms with Crippen LogP contribution in [0.3, 0.4) is 0 Å². The van der Waals surface area contributed by atoms with Crippen molar-refractivity contribution in [1.82, 2.24) is 14.9 Å². The number of halogens is 2. The van der Waals surface area contributed by atoms with Crippen molar-refractivity contribution < 1.29 is 18.4 Å². The minimum Gasteiger partial charge on any atom is -0.349 e. The Kier molecular flexibility index (Phi) is 5.58. The quantitative estimate of drug-likeness (QED) is 0.833. The third kappa shape index (κ3) is 4.36. The van der Waals surface area contributed by atoms with E-state index < -0.39 is 41.2 Å². The van der Waals surface area contributed by atoms with Crippen molar-refractivity contribution in [3.05, 3.63) is 58.3 Å². The number of para-hydroxylation sites is 1. The molecule has 1 heterocycles. The first kappa shape index (κ1) is 18.7. The van der Waals surface area contributed by atoms with E-state index in [9.17, 15) is 23.2 Å². The number of hydrogen-bond acceptors (Lipinski definition) is 4. The summed E-state index contributed by atoms with van der Waals surface area (Å²) in [7, 11) is 0. The molecule has 7 nitrogen and oxygen atoms in total. The fraction of sp³-hybridized carbons (Fsp3) is 0.333. The van der Waals surface area contributed by atoms with Gasteiger partial charge in [0.15, 0.2) is 0 Å². The van der Waals surface area contributed by atoms with Gasteiger partial charge in [0.2, 0.25) is 5.91 Å². The van der Waals surface area contributed by atoms with Crippen LogP contribution >= 0.6 is 0 Å². The second-order valence-electron chi connectivity index (χ2n) is 6.34. The fourth-order valence-electron chi connectivity index (χ4n) is 3.00. The van der Waals surface area contributed by atoms with Crippen LogP contribution in [0.1, 0.15) is 36.0 Å². The van der Waals surface area contributed by atoms with E-state index in [0.717, 1.165) is 54.9 Å². The second kappa shape index (κ2) is 8.07. The minimum absolute atomic E-state index is 0.0258. The number of carbonyl (C=O) groups is 2. The number of amides is 2. The van der Waals surface area contributed by atoms with E-state index in [1.165, 1.54) is 6.07 Å². The molecule has 9 heteroatoms. The number of anilines is 1. The number of nitrogens with one attached hydrogen (secondary N) is 2. The van der Waals surface area contributed by atoms with Crippen molar-refractivity contribution in [3.63, 3.8) is 0 Å². The van der Waals surface area contributed by atoms with Crippen molar-refractivity contribution in [1.29, 1.82) is 0 Å². The normalized spacial score (nSPS) is 14.1. The molecule has 1 aliphatic carbocycles. The highest BCUT2D eigenvalue weighted by atomic mass is 19.1. The highest BCUT2D eigenvalue weighted by Crippen LogP contribution is 2.18. The molecule has 27 heavy (non-hydrogen) atoms. The zero-order valence-electron chi connectivity index (χ0n) is 14.4. The Labute approximate surface area is 153 Å². The highest BCUT2D eigenvalue weighted by Gasteiger charge is 2.21. The van der Waals surface area contributed by atoms with Crippen molar-refractivity contribution in [2.24, 2.45) is 0 Å². The Morgan fingerprint density at radius 3 is 2.52 bits per heavy atom. The molecule has 0 unspecified atom stereocenters. The molecule has 0 spiro atoms. The van der Waals surface area contributed by atoms with Crippen LogP contribution in [0.5, 0.6) is 0 Å². The summed E-state index contributed by atoms with van der Waals surface area (Å²) in [4.78, 5) is 40.6. The molecule has 2 amide bonds. The van der Waals surface area contributed by atoms with Crippen LogP contribution < -0.4 is 16.2 Å². The van der Waals surface area contributed by atoms with E-state index >= 15 is 0 Å². The molecule has 1 saturated carbocycles. The third-order valence-electron chi connectivity index (χ3n) is 4.38. The van der Waals surface area contributed by atoms with E-state index in [-0.39, 0.29) is 11.6 Å². The lowest BCUT2D eigenvalue weighted by molar-refractivity contribution is -0.116. The Bertz CT molecular complexity index is 903. The molecule has 1 fully saturated rings. The van der Waals surface area contributed by atoms with Crippen LogP contribution in [0.2, 0.25) is 0 Å². The predicted molar refractivity (Wildman–Crippen MR) is 93.2 cm³/mol. The van der Waals surface area contributed by atoms with E-state index in [1.54, 1.807) is 0 Å². The Hall–Kier alpha value is -3.10. The van der Waals surface area contributed by atoms with Crippen molar-refractivity contribution >= 4 is 17.5 Å². The summed E-state index contributed by atoms with van der Waals surface area (Å²) < 4.78 is 28.1. The first-order chi connectivity index (χ1) is 13.0. The molecular weight excluding hydrogens is 358 g/mol. The van der Waals surface area contributed by atoms with E-state index in [4.69, 9.17) is 0 Å². The summed E-state index contributed by atoms with van der Waals surface area (Å²) in [5.74, 6) is -3.23. The summed E-state index contributed by atoms with van der Waals surface area (Å²) in [6, 6.07) is 3.19. The van der Waals surface area contributed by atoms with Gasteiger partial charge < -0.3 is 10.6 Å². The van der Waals surface area contributed by atoms with Gasteiger partial charge in [-0.3, -0.25) is 19.0 Å². The molecule has 0 radical (unpaired) electrons. The maximum absolute atomic E-state index is 13.6. The zero-order chi connectivity index (χ0) is 19.4. The zero-order valence-corrected chi connectivity index (χ0v) is 14.4. The van der Waals surface area contributed by atoms with E-state index in [2.05, 4.69) is 15.6 Å². The molecule has 1 aliphatic rings. The lowest BCUT2D eigenvalue weighted by atomic mass is 10.2. The van der Waals surface area contributed by atoms with Crippen molar-refractivity contribution in [2.45, 2.75) is 38.3 Å². The molecular formula is C18H18F2N4O3. The Morgan fingerprint density at radius 1 is 1.19 bits per heavy atom. The average Bonchev–Trinajstić information content (AvgIpc) is 3.13. The lowest BCUT2D eigenvalue weighted by Crippen LogP contribution is -2.38. The Morgan fingerprint density at radius 2 is 1.85 bits per heavy atom. The van der Waals surface area contributed by atoms with Gasteiger partial charge in [0.05, 0.1) is 6.33 Å². The SMILES string of the molecule is O=C(Cn1cncc(C(=O)NC2CCCC2)c1=O)Nc1c(F)cccc1F. The lowest BCUT2D eigenvalue weighted by Gasteiger charge is -2.12. The summed E-state index contributed by atoms with van der Waals surface area (Å²) in [5.41, 5.74) is -1.49. The average molecular weight is 376 g/mol. The summed E-state index contributed by atoms with van der Waals surface area (Å²) in [6.07, 6.45) is 5.99. The molecule has 0 bridgehead atoms. The summed E-state index contributed by atoms with van der Waals surface area (Å²) in [6.45, 7) is -0.538. The number of rotatable bonds is 5. The third-order valence-corrected chi connectivity index (χ3v) is 4.38. The van der Waals surface area contributed by atoms with Gasteiger partial charge in [0.1, 0.15) is 29.4 Å². The van der Waals surface area contributed by atoms with Gasteiger partial charge in [-0.2, -0.15) is 0 Å². The molecule has 2 aromatic rings. The van der Waals surface area contributed by atoms with Crippen molar-refractivity contribution in [3.8, 4) is 0 Å². The summed E-state index contributed by atoms with van der Waals surface area (Å²) >= 11 is 0. The van der Waals surface area contributed by atoms with Crippen molar-refractivity contribution in [2.75, 3.05) is 5.32 Å². The largest absolute Gasteiger partial charge is 0.349 e. The number of aromatic nitrogens is 2. The molecule has 2 N–H and O–H groups in total. The summed E-state index contributed by atoms with van der Waals surface area (Å²) in [5, 5.41) is 4.86. The van der Waals surface area contributed by atoms with Gasteiger partial charge in [-0.25, -0.2) is 13.8 Å². The van der Waals surface area contributed by atoms with Gasteiger partial charge in [-0.1, -0.05) is 18.9 Å². The topological polar surface area (TPSA) is 93.1 Å². The number of benzene rings is 1. The van der Waals surface area contributed by atoms with Gasteiger partial charge in [-0.05, 0) is 25.0 Å². The molecule has 0 atom stereocenters. The number of nitrogens with zero attached hydrogens (tertiary/aromatic N) is 2. The maximum atomic E-state index is 13.6. The fourth-order valence-corrected chi connectivity index (χ4v) is 3.00. The monoisotopic (exact) mass is 376 g/mol. The maximum Gasteiger partial charge on any atom is 0.266 e. The van der Waals surface area contributed by atoms with Gasteiger partial charge >= 0.3 is 0 Å². The van der Waals surface area contributed by atoms with Gasteiger partial charge in [-0.15, -0.1) is 0 Å². The van der Waals surface area contributed by atoms with Gasteiger partial charge in [0, 0.05) is 12.2 Å². The number of carbonyl (C=O) groups excluding carboxylic acids is 2. The molecule has 0 aliphatic heterocycles. The number of hydrogen-bond donors (Lipinski definition) is 2. The van der Waals surface area contributed by atoms with Crippen LogP contribution in [0.25, 0.3) is 0 Å². The minimum atomic E-state index is -0.932. The standard InChI is InChI=1S/C18H18F2N4O3/c19-13-6-3-7-14(20)16(13)23-15(25)9-24-10-21-8-12(18(24)27)17(26)22-11-4-1-2-5-11/h3,6-8,10-11H,1-2,4-5,9H2,(H,22,26)(H,23,25). The smallest absolute Gasteiger partial charge is 0.266 e. The molecule has 1 aromatic heterocycles. The van der Waals surface area contributed by atoms with Crippen LogP contribution in [0.4, 0.5) is 14.5 Å². The molecule has 0 saturated heterocycles. The first-order valence-electron chi connectivity index (χ1n) is 8.55. The Balaban J connectivity index is 1.72. The molecule has 1 aromatic carbocycles. The second-order valence-corrected chi connectivity index (χ2v) is 6.34. The van der Waals surface area contributed by atoms with E-state index in [0.29, 0.717) is 0 Å². The van der Waals surface area contributed by atoms with Crippen LogP contribution in [0.15, 0.2) is 35.5 Å². The van der Waals surface area contributed by atoms with Crippen LogP contribution in [-0.4, -0.2) is 27.4 Å². The highest BCUT2D eigenvalue weighted by molar-refractivity contribution is 5.94. The first-order valence-corrected chi connectivity index (χ1v) is 8.55. The van der Waals surface area contributed by atoms with Crippen LogP contribution in [-0.2, 0) is 11.3 Å². The van der Waals surface area contributed by atoms with Gasteiger partial charge in [0.25, 0.3) is 11.5 Å². The molecule has 3 rings (SSSR count). The van der Waals surface area contributed by atoms with Crippen LogP contribution in [0, 0.1) is 11.6 Å².